The van der Waals surface area contributed by atoms with Gasteiger partial charge >= 0.3 is 0 Å². The molecule has 0 radical (unpaired) electrons. The highest BCUT2D eigenvalue weighted by Gasteiger charge is 2.21. The van der Waals surface area contributed by atoms with Crippen molar-refractivity contribution in [3.05, 3.63) is 0 Å². The molecule has 1 heterocycles. The van der Waals surface area contributed by atoms with Gasteiger partial charge in [0.1, 0.15) is 6.61 Å². The van der Waals surface area contributed by atoms with Gasteiger partial charge in [-0.2, -0.15) is 0 Å². The highest BCUT2D eigenvalue weighted by atomic mass is 16.5. The van der Waals surface area contributed by atoms with Gasteiger partial charge in [-0.05, 0) is 13.0 Å². The summed E-state index contributed by atoms with van der Waals surface area (Å²) in [6.07, 6.45) is 0.974. The van der Waals surface area contributed by atoms with Crippen molar-refractivity contribution in [3.8, 4) is 0 Å². The maximum Gasteiger partial charge on any atom is 0.162 e. The van der Waals surface area contributed by atoms with Gasteiger partial charge in [0.25, 0.3) is 0 Å². The highest BCUT2D eigenvalue weighted by Crippen LogP contribution is 2.08. The zero-order valence-corrected chi connectivity index (χ0v) is 6.22. The van der Waals surface area contributed by atoms with Crippen molar-refractivity contribution in [2.45, 2.75) is 6.42 Å². The third-order valence-corrected chi connectivity index (χ3v) is 1.80. The molecule has 1 aliphatic heterocycles. The molecule has 3 nitrogen and oxygen atoms in total. The molecule has 58 valence electrons. The van der Waals surface area contributed by atoms with Crippen LogP contribution in [0.5, 0.6) is 0 Å². The van der Waals surface area contributed by atoms with E-state index in [2.05, 4.69) is 5.32 Å². The van der Waals surface area contributed by atoms with Crippen LogP contribution >= 0.6 is 0 Å². The summed E-state index contributed by atoms with van der Waals surface area (Å²) in [6.45, 7) is 2.08. The van der Waals surface area contributed by atoms with Gasteiger partial charge in [-0.25, -0.2) is 0 Å². The van der Waals surface area contributed by atoms with E-state index in [0.717, 1.165) is 19.5 Å². The van der Waals surface area contributed by atoms with Gasteiger partial charge < -0.3 is 10.1 Å². The van der Waals surface area contributed by atoms with Crippen LogP contribution in [0.4, 0.5) is 0 Å². The van der Waals surface area contributed by atoms with Crippen molar-refractivity contribution >= 4 is 5.78 Å². The van der Waals surface area contributed by atoms with Crippen molar-refractivity contribution in [2.75, 3.05) is 26.8 Å². The average molecular weight is 143 g/mol. The molecule has 1 atom stereocenters. The SMILES string of the molecule is COCC(=O)[C@H]1CCNC1. The lowest BCUT2D eigenvalue weighted by molar-refractivity contribution is -0.125. The molecule has 1 saturated heterocycles. The van der Waals surface area contributed by atoms with Crippen LogP contribution in [-0.2, 0) is 9.53 Å². The lowest BCUT2D eigenvalue weighted by atomic mass is 10.0. The summed E-state index contributed by atoms with van der Waals surface area (Å²) in [4.78, 5) is 11.1. The number of nitrogens with one attached hydrogen (secondary N) is 1. The van der Waals surface area contributed by atoms with Gasteiger partial charge in [-0.15, -0.1) is 0 Å². The smallest absolute Gasteiger partial charge is 0.162 e. The van der Waals surface area contributed by atoms with E-state index in [1.807, 2.05) is 0 Å². The zero-order valence-electron chi connectivity index (χ0n) is 6.22. The van der Waals surface area contributed by atoms with E-state index in [4.69, 9.17) is 4.74 Å². The lowest BCUT2D eigenvalue weighted by Crippen LogP contribution is -2.21. The maximum absolute atomic E-state index is 11.1. The van der Waals surface area contributed by atoms with Gasteiger partial charge in [-0.1, -0.05) is 0 Å². The molecule has 0 unspecified atom stereocenters. The normalized spacial score (nSPS) is 25.1. The Labute approximate surface area is 60.7 Å². The van der Waals surface area contributed by atoms with Crippen molar-refractivity contribution in [1.29, 1.82) is 0 Å². The molecule has 1 rings (SSSR count). The van der Waals surface area contributed by atoms with Crippen LogP contribution in [0.1, 0.15) is 6.42 Å². The van der Waals surface area contributed by atoms with Crippen LogP contribution in [0, 0.1) is 5.92 Å². The fourth-order valence-corrected chi connectivity index (χ4v) is 1.19. The van der Waals surface area contributed by atoms with Gasteiger partial charge in [0, 0.05) is 19.6 Å². The van der Waals surface area contributed by atoms with Crippen LogP contribution in [-0.4, -0.2) is 32.6 Å². The molecular formula is C7H13NO2. The van der Waals surface area contributed by atoms with E-state index in [1.165, 1.54) is 0 Å². The van der Waals surface area contributed by atoms with E-state index in [0.29, 0.717) is 0 Å². The Morgan fingerprint density at radius 1 is 1.80 bits per heavy atom. The lowest BCUT2D eigenvalue weighted by Gasteiger charge is -2.04. The first-order valence-electron chi connectivity index (χ1n) is 3.57. The number of rotatable bonds is 3. The number of hydrogen-bond acceptors (Lipinski definition) is 3. The average Bonchev–Trinajstić information content (AvgIpc) is 2.38. The quantitative estimate of drug-likeness (QED) is 0.595. The minimum atomic E-state index is 0.208. The first-order valence-corrected chi connectivity index (χ1v) is 3.57. The summed E-state index contributed by atoms with van der Waals surface area (Å²) >= 11 is 0. The molecule has 1 N–H and O–H groups in total. The number of Topliss-reactive ketones (excluding diaryl/α,β-unsaturated/α-hetero) is 1. The standard InChI is InChI=1S/C7H13NO2/c1-10-5-7(9)6-2-3-8-4-6/h6,8H,2-5H2,1H3/t6-/m0/s1. The second-order valence-corrected chi connectivity index (χ2v) is 2.59. The number of ketones is 1. The molecule has 0 aliphatic carbocycles. The Hall–Kier alpha value is -0.410. The number of carbonyl (C=O) groups excluding carboxylic acids is 1. The minimum absolute atomic E-state index is 0.208. The predicted octanol–water partition coefficient (Wildman–Crippen LogP) is -0.189. The first kappa shape index (κ1) is 7.69. The first-order chi connectivity index (χ1) is 4.84. The summed E-state index contributed by atoms with van der Waals surface area (Å²) in [5.41, 5.74) is 0. The van der Waals surface area contributed by atoms with E-state index < -0.39 is 0 Å². The van der Waals surface area contributed by atoms with Crippen LogP contribution < -0.4 is 5.32 Å². The number of hydrogen-bond donors (Lipinski definition) is 1. The second kappa shape index (κ2) is 3.68. The minimum Gasteiger partial charge on any atom is -0.377 e. The molecule has 0 bridgehead atoms. The summed E-state index contributed by atoms with van der Waals surface area (Å²) in [6, 6.07) is 0. The Bertz CT molecular complexity index is 119. The fourth-order valence-electron chi connectivity index (χ4n) is 1.19. The summed E-state index contributed by atoms with van der Waals surface area (Å²) in [7, 11) is 1.56. The molecule has 1 aliphatic rings. The molecule has 10 heavy (non-hydrogen) atoms. The van der Waals surface area contributed by atoms with Gasteiger partial charge in [0.05, 0.1) is 0 Å². The number of ether oxygens (including phenoxy) is 1. The molecule has 0 aromatic rings. The third kappa shape index (κ3) is 1.78. The molecule has 0 aromatic heterocycles. The topological polar surface area (TPSA) is 38.3 Å². The van der Waals surface area contributed by atoms with Crippen LogP contribution in [0.25, 0.3) is 0 Å². The summed E-state index contributed by atoms with van der Waals surface area (Å²) in [5.74, 6) is 0.437. The molecule has 3 heteroatoms. The molecule has 0 amide bonds. The largest absolute Gasteiger partial charge is 0.377 e. The Morgan fingerprint density at radius 3 is 3.10 bits per heavy atom. The van der Waals surface area contributed by atoms with E-state index in [9.17, 15) is 4.79 Å². The zero-order chi connectivity index (χ0) is 7.40. The maximum atomic E-state index is 11.1. The molecule has 0 spiro atoms. The van der Waals surface area contributed by atoms with Crippen molar-refractivity contribution in [3.63, 3.8) is 0 Å². The predicted molar refractivity (Wildman–Crippen MR) is 37.9 cm³/mol. The van der Waals surface area contributed by atoms with Crippen LogP contribution in [0.15, 0.2) is 0 Å². The van der Waals surface area contributed by atoms with Crippen molar-refractivity contribution in [2.24, 2.45) is 5.92 Å². The van der Waals surface area contributed by atoms with E-state index in [-0.39, 0.29) is 18.3 Å². The van der Waals surface area contributed by atoms with E-state index >= 15 is 0 Å². The van der Waals surface area contributed by atoms with E-state index in [1.54, 1.807) is 7.11 Å². The monoisotopic (exact) mass is 143 g/mol. The summed E-state index contributed by atoms with van der Waals surface area (Å²) in [5, 5.41) is 3.14. The molecule has 0 aromatic carbocycles. The van der Waals surface area contributed by atoms with Gasteiger partial charge in [-0.3, -0.25) is 4.79 Å². The Balaban J connectivity index is 2.25. The molecule has 0 saturated carbocycles. The van der Waals surface area contributed by atoms with Gasteiger partial charge in [0.15, 0.2) is 5.78 Å². The number of carbonyl (C=O) groups is 1. The Kier molecular flexibility index (Phi) is 2.83. The summed E-state index contributed by atoms with van der Waals surface area (Å²) < 4.78 is 4.74. The van der Waals surface area contributed by atoms with Crippen molar-refractivity contribution in [1.82, 2.24) is 5.32 Å². The van der Waals surface area contributed by atoms with Gasteiger partial charge in [0.2, 0.25) is 0 Å². The highest BCUT2D eigenvalue weighted by molar-refractivity contribution is 5.82. The van der Waals surface area contributed by atoms with Crippen LogP contribution in [0.3, 0.4) is 0 Å². The number of methoxy groups -OCH3 is 1. The second-order valence-electron chi connectivity index (χ2n) is 2.59. The van der Waals surface area contributed by atoms with Crippen LogP contribution in [0.2, 0.25) is 0 Å². The Morgan fingerprint density at radius 2 is 2.60 bits per heavy atom. The molecular weight excluding hydrogens is 130 g/mol. The fraction of sp³-hybridized carbons (Fsp3) is 0.857. The molecule has 1 fully saturated rings. The van der Waals surface area contributed by atoms with Crippen molar-refractivity contribution < 1.29 is 9.53 Å². The third-order valence-electron chi connectivity index (χ3n) is 1.80.